The fraction of sp³-hybridized carbons (Fsp3) is 0.0769. The Kier molecular flexibility index (Phi) is 4.32. The molecular weight excluding hydrogens is 321 g/mol. The minimum atomic E-state index is 0.691. The van der Waals surface area contributed by atoms with E-state index in [1.54, 1.807) is 0 Å². The van der Waals surface area contributed by atoms with Gasteiger partial charge in [0.15, 0.2) is 0 Å². The fourth-order valence-corrected chi connectivity index (χ4v) is 2.10. The minimum absolute atomic E-state index is 0.691. The monoisotopic (exact) mass is 329 g/mol. The maximum Gasteiger partial charge on any atom is 0.0637 e. The lowest BCUT2D eigenvalue weighted by molar-refractivity contribution is 1.15. The smallest absolute Gasteiger partial charge is 0.0637 e. The highest BCUT2D eigenvalue weighted by Gasteiger charge is 2.01. The Hall–Kier alpha value is -0.700. The molecule has 0 aromatic heterocycles. The van der Waals surface area contributed by atoms with Crippen LogP contribution in [0.4, 0.5) is 5.69 Å². The molecular formula is C13H10BrCl2N. The van der Waals surface area contributed by atoms with E-state index < -0.39 is 0 Å². The summed E-state index contributed by atoms with van der Waals surface area (Å²) in [6.07, 6.45) is 0. The molecule has 2 aromatic rings. The van der Waals surface area contributed by atoms with E-state index in [1.807, 2.05) is 42.5 Å². The Labute approximate surface area is 119 Å². The van der Waals surface area contributed by atoms with Gasteiger partial charge < -0.3 is 5.32 Å². The molecule has 0 amide bonds. The summed E-state index contributed by atoms with van der Waals surface area (Å²) in [5.74, 6) is 0. The lowest BCUT2D eigenvalue weighted by atomic mass is 10.2. The van der Waals surface area contributed by atoms with Crippen LogP contribution in [-0.4, -0.2) is 0 Å². The van der Waals surface area contributed by atoms with Crippen molar-refractivity contribution in [3.8, 4) is 0 Å². The summed E-state index contributed by atoms with van der Waals surface area (Å²) in [4.78, 5) is 0. The fourth-order valence-electron chi connectivity index (χ4n) is 1.45. The Morgan fingerprint density at radius 2 is 1.76 bits per heavy atom. The summed E-state index contributed by atoms with van der Waals surface area (Å²) in [7, 11) is 0. The Bertz CT molecular complexity index is 529. The first-order valence-corrected chi connectivity index (χ1v) is 6.64. The van der Waals surface area contributed by atoms with Crippen molar-refractivity contribution in [1.82, 2.24) is 0 Å². The van der Waals surface area contributed by atoms with Crippen LogP contribution in [-0.2, 0) is 6.54 Å². The summed E-state index contributed by atoms with van der Waals surface area (Å²) >= 11 is 15.4. The highest BCUT2D eigenvalue weighted by atomic mass is 79.9. The third-order valence-corrected chi connectivity index (χ3v) is 3.90. The van der Waals surface area contributed by atoms with Crippen LogP contribution in [0.5, 0.6) is 0 Å². The van der Waals surface area contributed by atoms with Crippen molar-refractivity contribution < 1.29 is 0 Å². The zero-order valence-corrected chi connectivity index (χ0v) is 12.0. The van der Waals surface area contributed by atoms with Gasteiger partial charge in [-0.05, 0) is 45.8 Å². The lowest BCUT2D eigenvalue weighted by Crippen LogP contribution is -1.99. The minimum Gasteiger partial charge on any atom is -0.380 e. The molecule has 0 unspecified atom stereocenters. The molecule has 2 rings (SSSR count). The van der Waals surface area contributed by atoms with E-state index >= 15 is 0 Å². The maximum absolute atomic E-state index is 6.05. The van der Waals surface area contributed by atoms with E-state index in [0.29, 0.717) is 11.6 Å². The van der Waals surface area contributed by atoms with Crippen LogP contribution < -0.4 is 5.32 Å². The number of rotatable bonds is 3. The van der Waals surface area contributed by atoms with Crippen molar-refractivity contribution in [2.75, 3.05) is 5.32 Å². The van der Waals surface area contributed by atoms with Gasteiger partial charge in [0.1, 0.15) is 0 Å². The Morgan fingerprint density at radius 3 is 2.47 bits per heavy atom. The summed E-state index contributed by atoms with van der Waals surface area (Å²) in [5, 5.41) is 4.70. The predicted molar refractivity (Wildman–Crippen MR) is 77.9 cm³/mol. The van der Waals surface area contributed by atoms with Crippen LogP contribution in [0.3, 0.4) is 0 Å². The van der Waals surface area contributed by atoms with Crippen molar-refractivity contribution >= 4 is 44.8 Å². The summed E-state index contributed by atoms with van der Waals surface area (Å²) in [6, 6.07) is 13.5. The standard InChI is InChI=1S/C13H10BrCl2N/c14-10-6-5-9(7-12(10)16)8-17-13-4-2-1-3-11(13)15/h1-7,17H,8H2. The van der Waals surface area contributed by atoms with Gasteiger partial charge in [-0.2, -0.15) is 0 Å². The quantitative estimate of drug-likeness (QED) is 0.797. The third kappa shape index (κ3) is 3.38. The van der Waals surface area contributed by atoms with Crippen LogP contribution in [0.25, 0.3) is 0 Å². The van der Waals surface area contributed by atoms with Crippen LogP contribution in [0, 0.1) is 0 Å². The van der Waals surface area contributed by atoms with Crippen molar-refractivity contribution in [1.29, 1.82) is 0 Å². The van der Waals surface area contributed by atoms with Gasteiger partial charge in [0.25, 0.3) is 0 Å². The zero-order chi connectivity index (χ0) is 12.3. The number of hydrogen-bond acceptors (Lipinski definition) is 1. The van der Waals surface area contributed by atoms with Gasteiger partial charge in [-0.3, -0.25) is 0 Å². The van der Waals surface area contributed by atoms with E-state index in [4.69, 9.17) is 23.2 Å². The largest absolute Gasteiger partial charge is 0.380 e. The van der Waals surface area contributed by atoms with Gasteiger partial charge in [-0.15, -0.1) is 0 Å². The van der Waals surface area contributed by atoms with E-state index in [1.165, 1.54) is 0 Å². The number of para-hydroxylation sites is 1. The van der Waals surface area contributed by atoms with E-state index in [-0.39, 0.29) is 0 Å². The molecule has 17 heavy (non-hydrogen) atoms. The summed E-state index contributed by atoms with van der Waals surface area (Å²) < 4.78 is 0.903. The predicted octanol–water partition coefficient (Wildman–Crippen LogP) is 5.37. The molecule has 1 N–H and O–H groups in total. The maximum atomic E-state index is 6.05. The topological polar surface area (TPSA) is 12.0 Å². The number of anilines is 1. The first-order chi connectivity index (χ1) is 8.16. The Balaban J connectivity index is 2.08. The van der Waals surface area contributed by atoms with Crippen molar-refractivity contribution in [3.63, 3.8) is 0 Å². The van der Waals surface area contributed by atoms with E-state index in [2.05, 4.69) is 21.2 Å². The molecule has 0 bridgehead atoms. The molecule has 2 aromatic carbocycles. The second-order valence-corrected chi connectivity index (χ2v) is 5.25. The van der Waals surface area contributed by atoms with Crippen LogP contribution in [0.1, 0.15) is 5.56 Å². The zero-order valence-electron chi connectivity index (χ0n) is 8.88. The van der Waals surface area contributed by atoms with Gasteiger partial charge in [0, 0.05) is 11.0 Å². The molecule has 0 heterocycles. The molecule has 0 saturated heterocycles. The molecule has 1 nitrogen and oxygen atoms in total. The van der Waals surface area contributed by atoms with Crippen molar-refractivity contribution in [3.05, 3.63) is 62.5 Å². The summed E-state index contributed by atoms with van der Waals surface area (Å²) in [6.45, 7) is 0.691. The van der Waals surface area contributed by atoms with Crippen LogP contribution >= 0.6 is 39.1 Å². The molecule has 0 saturated carbocycles. The second-order valence-electron chi connectivity index (χ2n) is 3.58. The van der Waals surface area contributed by atoms with Gasteiger partial charge in [0.2, 0.25) is 0 Å². The van der Waals surface area contributed by atoms with Crippen LogP contribution in [0.15, 0.2) is 46.9 Å². The summed E-state index contributed by atoms with van der Waals surface area (Å²) in [5.41, 5.74) is 2.03. The molecule has 0 radical (unpaired) electrons. The normalized spacial score (nSPS) is 10.3. The molecule has 0 atom stereocenters. The second kappa shape index (κ2) is 5.76. The van der Waals surface area contributed by atoms with E-state index in [0.717, 1.165) is 20.7 Å². The van der Waals surface area contributed by atoms with Gasteiger partial charge >= 0.3 is 0 Å². The van der Waals surface area contributed by atoms with Gasteiger partial charge in [-0.1, -0.05) is 41.4 Å². The average Bonchev–Trinajstić information content (AvgIpc) is 2.32. The Morgan fingerprint density at radius 1 is 1.00 bits per heavy atom. The van der Waals surface area contributed by atoms with Gasteiger partial charge in [-0.25, -0.2) is 0 Å². The van der Waals surface area contributed by atoms with Crippen molar-refractivity contribution in [2.45, 2.75) is 6.54 Å². The first-order valence-electron chi connectivity index (χ1n) is 5.09. The molecule has 0 aliphatic rings. The van der Waals surface area contributed by atoms with Crippen molar-refractivity contribution in [2.24, 2.45) is 0 Å². The number of benzene rings is 2. The molecule has 0 aliphatic heterocycles. The molecule has 88 valence electrons. The lowest BCUT2D eigenvalue weighted by Gasteiger charge is -2.08. The number of halogens is 3. The van der Waals surface area contributed by atoms with Crippen LogP contribution in [0.2, 0.25) is 10.0 Å². The highest BCUT2D eigenvalue weighted by Crippen LogP contribution is 2.25. The molecule has 0 spiro atoms. The molecule has 4 heteroatoms. The third-order valence-electron chi connectivity index (χ3n) is 2.34. The number of nitrogens with one attached hydrogen (secondary N) is 1. The number of hydrogen-bond donors (Lipinski definition) is 1. The first kappa shape index (κ1) is 12.7. The SMILES string of the molecule is Clc1cc(CNc2ccccc2Cl)ccc1Br. The van der Waals surface area contributed by atoms with Gasteiger partial charge in [0.05, 0.1) is 15.7 Å². The molecule has 0 fully saturated rings. The molecule has 0 aliphatic carbocycles. The van der Waals surface area contributed by atoms with E-state index in [9.17, 15) is 0 Å². The highest BCUT2D eigenvalue weighted by molar-refractivity contribution is 9.10. The average molecular weight is 331 g/mol.